The van der Waals surface area contributed by atoms with Gasteiger partial charge < -0.3 is 15.4 Å². The van der Waals surface area contributed by atoms with Crippen molar-refractivity contribution < 1.29 is 27.1 Å². The van der Waals surface area contributed by atoms with E-state index in [1.165, 1.54) is 30.3 Å². The normalized spacial score (nSPS) is 24.1. The standard InChI is InChI=1S/C19H20F4N4O2/c20-12-5-3-11(4-6-12)14-8-16(19(21,22)23)27-17(25-14)9-15(26-27)18(28)24-10-13-2-1-7-29-13/h3-6,9,13-14,16,25H,1-2,7-8,10H2,(H,24,28)/t13-,14+,16-/m0/s1. The van der Waals surface area contributed by atoms with Gasteiger partial charge in [-0.1, -0.05) is 12.1 Å². The molecule has 3 atom stereocenters. The maximum absolute atomic E-state index is 13.7. The van der Waals surface area contributed by atoms with Crippen LogP contribution in [0.3, 0.4) is 0 Å². The summed E-state index contributed by atoms with van der Waals surface area (Å²) in [5, 5.41) is 9.55. The van der Waals surface area contributed by atoms with E-state index in [2.05, 4.69) is 15.7 Å². The van der Waals surface area contributed by atoms with Gasteiger partial charge in [-0.3, -0.25) is 4.79 Å². The first kappa shape index (κ1) is 19.7. The molecule has 0 saturated carbocycles. The Labute approximate surface area is 164 Å². The zero-order valence-corrected chi connectivity index (χ0v) is 15.4. The van der Waals surface area contributed by atoms with Crippen LogP contribution in [0.1, 0.15) is 47.4 Å². The van der Waals surface area contributed by atoms with Gasteiger partial charge in [0.1, 0.15) is 11.6 Å². The Balaban J connectivity index is 1.56. The lowest BCUT2D eigenvalue weighted by Crippen LogP contribution is -2.36. The molecule has 6 nitrogen and oxygen atoms in total. The summed E-state index contributed by atoms with van der Waals surface area (Å²) in [6, 6.07) is 4.02. The van der Waals surface area contributed by atoms with E-state index in [1.54, 1.807) is 0 Å². The fourth-order valence-electron chi connectivity index (χ4n) is 3.70. The Kier molecular flexibility index (Phi) is 5.20. The number of nitrogens with one attached hydrogen (secondary N) is 2. The number of rotatable bonds is 4. The first-order chi connectivity index (χ1) is 13.8. The van der Waals surface area contributed by atoms with E-state index >= 15 is 0 Å². The number of fused-ring (bicyclic) bond motifs is 1. The van der Waals surface area contributed by atoms with Gasteiger partial charge >= 0.3 is 6.18 Å². The van der Waals surface area contributed by atoms with Crippen LogP contribution in [-0.4, -0.2) is 41.1 Å². The predicted octanol–water partition coefficient (Wildman–Crippen LogP) is 3.59. The van der Waals surface area contributed by atoms with Crippen LogP contribution in [0.15, 0.2) is 30.3 Å². The van der Waals surface area contributed by atoms with E-state index < -0.39 is 30.0 Å². The van der Waals surface area contributed by atoms with Gasteiger partial charge in [-0.15, -0.1) is 0 Å². The van der Waals surface area contributed by atoms with E-state index in [9.17, 15) is 22.4 Å². The van der Waals surface area contributed by atoms with Crippen molar-refractivity contribution in [3.63, 3.8) is 0 Å². The first-order valence-electron chi connectivity index (χ1n) is 9.39. The molecule has 0 bridgehead atoms. The number of carbonyl (C=O) groups is 1. The van der Waals surface area contributed by atoms with Crippen molar-refractivity contribution in [2.45, 2.75) is 43.6 Å². The van der Waals surface area contributed by atoms with Crippen LogP contribution in [0.4, 0.5) is 23.4 Å². The minimum atomic E-state index is -4.55. The lowest BCUT2D eigenvalue weighted by molar-refractivity contribution is -0.173. The average molecular weight is 412 g/mol. The third-order valence-corrected chi connectivity index (χ3v) is 5.21. The molecule has 2 aliphatic heterocycles. The van der Waals surface area contributed by atoms with Crippen molar-refractivity contribution in [3.05, 3.63) is 47.4 Å². The SMILES string of the molecule is O=C(NC[C@@H]1CCCO1)c1cc2n(n1)[C@H](C(F)(F)F)C[C@H](c1ccc(F)cc1)N2. The number of carbonyl (C=O) groups excluding carboxylic acids is 1. The summed E-state index contributed by atoms with van der Waals surface area (Å²) in [5.74, 6) is -0.925. The number of alkyl halides is 3. The summed E-state index contributed by atoms with van der Waals surface area (Å²) < 4.78 is 60.4. The number of hydrogen-bond donors (Lipinski definition) is 2. The Morgan fingerprint density at radius 1 is 1.31 bits per heavy atom. The van der Waals surface area contributed by atoms with Crippen molar-refractivity contribution in [2.75, 3.05) is 18.5 Å². The van der Waals surface area contributed by atoms with Gasteiger partial charge in [0.2, 0.25) is 0 Å². The van der Waals surface area contributed by atoms with Crippen molar-refractivity contribution in [2.24, 2.45) is 0 Å². The molecule has 1 fully saturated rings. The Hall–Kier alpha value is -2.62. The molecule has 1 amide bonds. The second-order valence-electron chi connectivity index (χ2n) is 7.25. The average Bonchev–Trinajstić information content (AvgIpc) is 3.34. The summed E-state index contributed by atoms with van der Waals surface area (Å²) in [7, 11) is 0. The molecule has 4 rings (SSSR count). The van der Waals surface area contributed by atoms with E-state index in [0.29, 0.717) is 12.2 Å². The predicted molar refractivity (Wildman–Crippen MR) is 96.0 cm³/mol. The van der Waals surface area contributed by atoms with Crippen molar-refractivity contribution in [1.82, 2.24) is 15.1 Å². The number of ether oxygens (including phenoxy) is 1. The number of benzene rings is 1. The monoisotopic (exact) mass is 412 g/mol. The van der Waals surface area contributed by atoms with E-state index in [-0.39, 0.29) is 30.6 Å². The van der Waals surface area contributed by atoms with Gasteiger partial charge in [-0.05, 0) is 30.5 Å². The molecule has 0 radical (unpaired) electrons. The van der Waals surface area contributed by atoms with E-state index in [0.717, 1.165) is 17.5 Å². The third kappa shape index (κ3) is 4.21. The maximum atomic E-state index is 13.7. The van der Waals surface area contributed by atoms with Crippen molar-refractivity contribution >= 4 is 11.7 Å². The first-order valence-corrected chi connectivity index (χ1v) is 9.39. The largest absolute Gasteiger partial charge is 0.410 e. The fourth-order valence-corrected chi connectivity index (χ4v) is 3.70. The molecule has 0 aliphatic carbocycles. The Bertz CT molecular complexity index is 875. The zero-order valence-electron chi connectivity index (χ0n) is 15.4. The summed E-state index contributed by atoms with van der Waals surface area (Å²) in [5.41, 5.74) is 0.428. The Morgan fingerprint density at radius 3 is 2.72 bits per heavy atom. The van der Waals surface area contributed by atoms with Crippen LogP contribution in [0, 0.1) is 5.82 Å². The minimum absolute atomic E-state index is 0.0832. The molecule has 10 heteroatoms. The van der Waals surface area contributed by atoms with Crippen LogP contribution in [0.25, 0.3) is 0 Å². The van der Waals surface area contributed by atoms with Gasteiger partial charge in [0.15, 0.2) is 11.7 Å². The second kappa shape index (κ2) is 7.66. The van der Waals surface area contributed by atoms with Crippen LogP contribution < -0.4 is 10.6 Å². The second-order valence-corrected chi connectivity index (χ2v) is 7.25. The quantitative estimate of drug-likeness (QED) is 0.754. The number of amides is 1. The molecule has 2 aliphatic rings. The van der Waals surface area contributed by atoms with E-state index in [1.807, 2.05) is 0 Å². The van der Waals surface area contributed by atoms with Crippen LogP contribution in [0.5, 0.6) is 0 Å². The van der Waals surface area contributed by atoms with E-state index in [4.69, 9.17) is 4.74 Å². The number of halogens is 4. The Morgan fingerprint density at radius 2 is 2.07 bits per heavy atom. The topological polar surface area (TPSA) is 68.2 Å². The van der Waals surface area contributed by atoms with Gasteiger partial charge in [0.05, 0.1) is 12.1 Å². The molecule has 29 heavy (non-hydrogen) atoms. The summed E-state index contributed by atoms with van der Waals surface area (Å²) in [6.07, 6.45) is -3.20. The minimum Gasteiger partial charge on any atom is -0.376 e. The maximum Gasteiger partial charge on any atom is 0.410 e. The highest BCUT2D eigenvalue weighted by Crippen LogP contribution is 2.43. The summed E-state index contributed by atoms with van der Waals surface area (Å²) in [4.78, 5) is 12.4. The molecule has 1 aromatic heterocycles. The third-order valence-electron chi connectivity index (χ3n) is 5.21. The molecule has 0 spiro atoms. The molecule has 1 saturated heterocycles. The van der Waals surface area contributed by atoms with Gasteiger partial charge in [0, 0.05) is 25.6 Å². The molecular formula is C19H20F4N4O2. The molecule has 1 aromatic carbocycles. The molecular weight excluding hydrogens is 392 g/mol. The zero-order chi connectivity index (χ0) is 20.6. The van der Waals surface area contributed by atoms with Crippen molar-refractivity contribution in [1.29, 1.82) is 0 Å². The lowest BCUT2D eigenvalue weighted by Gasteiger charge is -2.33. The van der Waals surface area contributed by atoms with Crippen LogP contribution in [-0.2, 0) is 4.74 Å². The summed E-state index contributed by atoms with van der Waals surface area (Å²) in [6.45, 7) is 0.927. The summed E-state index contributed by atoms with van der Waals surface area (Å²) >= 11 is 0. The van der Waals surface area contributed by atoms with Gasteiger partial charge in [-0.25, -0.2) is 9.07 Å². The highest BCUT2D eigenvalue weighted by atomic mass is 19.4. The number of nitrogens with zero attached hydrogens (tertiary/aromatic N) is 2. The van der Waals surface area contributed by atoms with Gasteiger partial charge in [-0.2, -0.15) is 18.3 Å². The number of anilines is 1. The molecule has 2 N–H and O–H groups in total. The molecule has 0 unspecified atom stereocenters. The molecule has 156 valence electrons. The van der Waals surface area contributed by atoms with Crippen LogP contribution in [0.2, 0.25) is 0 Å². The smallest absolute Gasteiger partial charge is 0.376 e. The highest BCUT2D eigenvalue weighted by Gasteiger charge is 2.46. The molecule has 3 heterocycles. The van der Waals surface area contributed by atoms with Crippen LogP contribution >= 0.6 is 0 Å². The lowest BCUT2D eigenvalue weighted by atomic mass is 9.97. The number of hydrogen-bond acceptors (Lipinski definition) is 4. The van der Waals surface area contributed by atoms with Gasteiger partial charge in [0.25, 0.3) is 5.91 Å². The highest BCUT2D eigenvalue weighted by molar-refractivity contribution is 5.93. The molecule has 2 aromatic rings. The number of aromatic nitrogens is 2. The van der Waals surface area contributed by atoms with Crippen molar-refractivity contribution in [3.8, 4) is 0 Å². The fraction of sp³-hybridized carbons (Fsp3) is 0.474.